The van der Waals surface area contributed by atoms with Crippen molar-refractivity contribution in [2.75, 3.05) is 0 Å². The fourth-order valence-electron chi connectivity index (χ4n) is 1.75. The number of rotatable bonds is 3. The molecule has 1 N–H and O–H groups in total. The van der Waals surface area contributed by atoms with Crippen LogP contribution in [0.1, 0.15) is 17.2 Å². The molecule has 0 amide bonds. The van der Waals surface area contributed by atoms with Crippen LogP contribution >= 0.6 is 11.8 Å². The third-order valence-corrected chi connectivity index (χ3v) is 3.43. The van der Waals surface area contributed by atoms with Gasteiger partial charge < -0.3 is 5.11 Å². The van der Waals surface area contributed by atoms with Crippen molar-refractivity contribution in [3.8, 4) is 0 Å². The van der Waals surface area contributed by atoms with Gasteiger partial charge in [-0.1, -0.05) is 18.2 Å². The van der Waals surface area contributed by atoms with Gasteiger partial charge in [0.15, 0.2) is 0 Å². The van der Waals surface area contributed by atoms with E-state index in [-0.39, 0.29) is 27.8 Å². The lowest BCUT2D eigenvalue weighted by Crippen LogP contribution is -2.03. The zero-order valence-electron chi connectivity index (χ0n) is 10.4. The maximum atomic E-state index is 13.5. The van der Waals surface area contributed by atoms with Crippen LogP contribution in [0.3, 0.4) is 0 Å². The summed E-state index contributed by atoms with van der Waals surface area (Å²) in [5.74, 6) is -1.70. The minimum Gasteiger partial charge on any atom is -0.384 e. The summed E-state index contributed by atoms with van der Waals surface area (Å²) in [6.07, 6.45) is -1.38. The van der Waals surface area contributed by atoms with E-state index < -0.39 is 23.2 Å². The molecule has 0 saturated carbocycles. The predicted molar refractivity (Wildman–Crippen MR) is 68.8 cm³/mol. The molecule has 2 rings (SSSR count). The van der Waals surface area contributed by atoms with Gasteiger partial charge in [-0.05, 0) is 35.5 Å². The van der Waals surface area contributed by atoms with Crippen molar-refractivity contribution < 1.29 is 27.1 Å². The maximum Gasteiger partial charge on any atom is 0.446 e. The molecule has 0 bridgehead atoms. The molecule has 0 radical (unpaired) electrons. The summed E-state index contributed by atoms with van der Waals surface area (Å²) in [5, 5.41) is 10.00. The minimum atomic E-state index is -4.40. The second-order valence-corrected chi connectivity index (χ2v) is 5.32. The highest BCUT2D eigenvalue weighted by Crippen LogP contribution is 2.37. The van der Waals surface area contributed by atoms with Crippen LogP contribution in [-0.2, 0) is 0 Å². The number of thioether (sulfide) groups is 1. The van der Waals surface area contributed by atoms with E-state index in [0.717, 1.165) is 12.1 Å². The molecule has 2 aromatic rings. The molecule has 1 nitrogen and oxygen atoms in total. The highest BCUT2D eigenvalue weighted by atomic mass is 32.2. The molecule has 21 heavy (non-hydrogen) atoms. The largest absolute Gasteiger partial charge is 0.446 e. The van der Waals surface area contributed by atoms with Crippen LogP contribution in [-0.4, -0.2) is 10.6 Å². The standard InChI is InChI=1S/C14H9F5OS/c15-9-3-6-11(12(16)7-9)13(20)8-1-4-10(5-2-8)21-14(17,18)19/h1-7,13,20H. The summed E-state index contributed by atoms with van der Waals surface area (Å²) < 4.78 is 62.9. The number of alkyl halides is 3. The van der Waals surface area contributed by atoms with Crippen molar-refractivity contribution in [2.24, 2.45) is 0 Å². The Kier molecular flexibility index (Phi) is 4.53. The molecular formula is C14H9F5OS. The van der Waals surface area contributed by atoms with Gasteiger partial charge >= 0.3 is 5.51 Å². The summed E-state index contributed by atoms with van der Waals surface area (Å²) in [6.45, 7) is 0. The molecule has 1 unspecified atom stereocenters. The molecule has 0 spiro atoms. The average Bonchev–Trinajstić information content (AvgIpc) is 2.37. The van der Waals surface area contributed by atoms with Gasteiger partial charge in [-0.2, -0.15) is 13.2 Å². The summed E-state index contributed by atoms with van der Waals surface area (Å²) >= 11 is -0.283. The van der Waals surface area contributed by atoms with Crippen molar-refractivity contribution in [3.63, 3.8) is 0 Å². The Morgan fingerprint density at radius 2 is 1.57 bits per heavy atom. The van der Waals surface area contributed by atoms with Gasteiger partial charge in [0.25, 0.3) is 0 Å². The fraction of sp³-hybridized carbons (Fsp3) is 0.143. The molecule has 0 aromatic heterocycles. The number of benzene rings is 2. The first-order chi connectivity index (χ1) is 9.76. The van der Waals surface area contributed by atoms with E-state index in [9.17, 15) is 27.1 Å². The van der Waals surface area contributed by atoms with Gasteiger partial charge in [0.1, 0.15) is 17.7 Å². The van der Waals surface area contributed by atoms with Crippen LogP contribution in [0.2, 0.25) is 0 Å². The molecule has 1 atom stereocenters. The summed E-state index contributed by atoms with van der Waals surface area (Å²) in [7, 11) is 0. The van der Waals surface area contributed by atoms with E-state index in [1.807, 2.05) is 0 Å². The number of hydrogen-bond donors (Lipinski definition) is 1. The molecular weight excluding hydrogens is 311 g/mol. The van der Waals surface area contributed by atoms with Crippen LogP contribution in [0.25, 0.3) is 0 Å². The van der Waals surface area contributed by atoms with E-state index in [1.165, 1.54) is 24.3 Å². The molecule has 2 aromatic carbocycles. The molecule has 0 aliphatic carbocycles. The molecule has 112 valence electrons. The lowest BCUT2D eigenvalue weighted by molar-refractivity contribution is -0.0328. The normalized spacial score (nSPS) is 13.2. The van der Waals surface area contributed by atoms with Crippen LogP contribution in [0, 0.1) is 11.6 Å². The molecule has 0 aliphatic rings. The van der Waals surface area contributed by atoms with Gasteiger partial charge in [-0.15, -0.1) is 0 Å². The monoisotopic (exact) mass is 320 g/mol. The SMILES string of the molecule is OC(c1ccc(SC(F)(F)F)cc1)c1ccc(F)cc1F. The topological polar surface area (TPSA) is 20.2 Å². The zero-order valence-corrected chi connectivity index (χ0v) is 11.2. The first kappa shape index (κ1) is 15.8. The van der Waals surface area contributed by atoms with Gasteiger partial charge in [0.05, 0.1) is 0 Å². The second kappa shape index (κ2) is 6.03. The van der Waals surface area contributed by atoms with Crippen LogP contribution in [0.15, 0.2) is 47.4 Å². The Bertz CT molecular complexity index is 624. The smallest absolute Gasteiger partial charge is 0.384 e. The van der Waals surface area contributed by atoms with E-state index in [1.54, 1.807) is 0 Å². The van der Waals surface area contributed by atoms with E-state index in [4.69, 9.17) is 0 Å². The number of halogens is 5. The van der Waals surface area contributed by atoms with Gasteiger partial charge in [-0.25, -0.2) is 8.78 Å². The average molecular weight is 320 g/mol. The fourth-order valence-corrected chi connectivity index (χ4v) is 2.29. The predicted octanol–water partition coefficient (Wildman–Crippen LogP) is 4.66. The molecule has 0 aliphatic heterocycles. The number of hydrogen-bond acceptors (Lipinski definition) is 2. The summed E-state index contributed by atoms with van der Waals surface area (Å²) in [5.41, 5.74) is -4.33. The van der Waals surface area contributed by atoms with E-state index in [0.29, 0.717) is 6.07 Å². The first-order valence-corrected chi connectivity index (χ1v) is 6.56. The molecule has 7 heteroatoms. The Morgan fingerprint density at radius 3 is 2.10 bits per heavy atom. The first-order valence-electron chi connectivity index (χ1n) is 5.75. The van der Waals surface area contributed by atoms with Crippen molar-refractivity contribution in [1.82, 2.24) is 0 Å². The Hall–Kier alpha value is -1.60. The zero-order chi connectivity index (χ0) is 15.6. The van der Waals surface area contributed by atoms with Crippen molar-refractivity contribution in [3.05, 3.63) is 65.2 Å². The quantitative estimate of drug-likeness (QED) is 0.656. The van der Waals surface area contributed by atoms with E-state index >= 15 is 0 Å². The number of aliphatic hydroxyl groups excluding tert-OH is 1. The maximum absolute atomic E-state index is 13.5. The highest BCUT2D eigenvalue weighted by Gasteiger charge is 2.29. The Balaban J connectivity index is 2.22. The molecule has 0 saturated heterocycles. The van der Waals surface area contributed by atoms with Gasteiger partial charge in [-0.3, -0.25) is 0 Å². The lowest BCUT2D eigenvalue weighted by atomic mass is 10.0. The van der Waals surface area contributed by atoms with E-state index in [2.05, 4.69) is 0 Å². The third-order valence-electron chi connectivity index (χ3n) is 2.69. The second-order valence-electron chi connectivity index (χ2n) is 4.19. The summed E-state index contributed by atoms with van der Waals surface area (Å²) in [4.78, 5) is -0.0435. The summed E-state index contributed by atoms with van der Waals surface area (Å²) in [6, 6.07) is 7.61. The molecule has 0 heterocycles. The van der Waals surface area contributed by atoms with Crippen molar-refractivity contribution in [1.29, 1.82) is 0 Å². The van der Waals surface area contributed by atoms with Crippen molar-refractivity contribution in [2.45, 2.75) is 16.5 Å². The number of aliphatic hydroxyl groups is 1. The molecule has 0 fully saturated rings. The van der Waals surface area contributed by atoms with Gasteiger partial charge in [0, 0.05) is 16.5 Å². The lowest BCUT2D eigenvalue weighted by Gasteiger charge is -2.13. The van der Waals surface area contributed by atoms with Crippen LogP contribution in [0.5, 0.6) is 0 Å². The Labute approximate surface area is 121 Å². The van der Waals surface area contributed by atoms with Crippen LogP contribution < -0.4 is 0 Å². The Morgan fingerprint density at radius 1 is 0.952 bits per heavy atom. The highest BCUT2D eigenvalue weighted by molar-refractivity contribution is 8.00. The minimum absolute atomic E-state index is 0.0435. The van der Waals surface area contributed by atoms with Crippen LogP contribution in [0.4, 0.5) is 22.0 Å². The van der Waals surface area contributed by atoms with Gasteiger partial charge in [0.2, 0.25) is 0 Å². The van der Waals surface area contributed by atoms with Crippen molar-refractivity contribution >= 4 is 11.8 Å². The third kappa shape index (κ3) is 4.18.